The lowest BCUT2D eigenvalue weighted by Gasteiger charge is -2.44. The van der Waals surface area contributed by atoms with E-state index in [1.807, 2.05) is 66.7 Å². The maximum atomic E-state index is 14.4. The molecule has 0 radical (unpaired) electrons. The van der Waals surface area contributed by atoms with Gasteiger partial charge in [-0.2, -0.15) is 0 Å². The molecule has 0 heterocycles. The molecule has 0 bridgehead atoms. The number of carbonyl (C=O) groups is 3. The van der Waals surface area contributed by atoms with Crippen LogP contribution in [0, 0.1) is 32.1 Å². The van der Waals surface area contributed by atoms with Gasteiger partial charge in [0.15, 0.2) is 0 Å². The van der Waals surface area contributed by atoms with Crippen molar-refractivity contribution in [3.63, 3.8) is 0 Å². The first-order valence-corrected chi connectivity index (χ1v) is 13.2. The molecule has 2 atom stereocenters. The van der Waals surface area contributed by atoms with Crippen molar-refractivity contribution in [1.29, 1.82) is 0 Å². The molecular weight excluding hydrogens is 490 g/mol. The third kappa shape index (κ3) is 8.10. The molecule has 0 aromatic heterocycles. The molecule has 0 aliphatic heterocycles. The van der Waals surface area contributed by atoms with Crippen LogP contribution in [-0.2, 0) is 14.3 Å². The highest BCUT2D eigenvalue weighted by molar-refractivity contribution is 6.00. The minimum atomic E-state index is -1.08. The molecule has 2 aromatic carbocycles. The van der Waals surface area contributed by atoms with Gasteiger partial charge in [-0.15, -0.1) is 6.42 Å². The van der Waals surface area contributed by atoms with E-state index >= 15 is 0 Å². The van der Waals surface area contributed by atoms with Crippen LogP contribution in [0.2, 0.25) is 0 Å². The second-order valence-corrected chi connectivity index (χ2v) is 12.1. The summed E-state index contributed by atoms with van der Waals surface area (Å²) in [6.07, 6.45) is 5.14. The maximum absolute atomic E-state index is 14.4. The van der Waals surface area contributed by atoms with Gasteiger partial charge in [0.2, 0.25) is 5.91 Å². The second-order valence-electron chi connectivity index (χ2n) is 12.1. The summed E-state index contributed by atoms with van der Waals surface area (Å²) in [7, 11) is 0. The largest absolute Gasteiger partial charge is 0.444 e. The van der Waals surface area contributed by atoms with E-state index in [1.165, 1.54) is 4.90 Å². The Morgan fingerprint density at radius 3 is 1.97 bits per heavy atom. The van der Waals surface area contributed by atoms with Crippen LogP contribution in [0.5, 0.6) is 0 Å². The molecule has 0 saturated carbocycles. The van der Waals surface area contributed by atoms with Crippen molar-refractivity contribution in [3.8, 4) is 12.3 Å². The van der Waals surface area contributed by atoms with Gasteiger partial charge in [0.05, 0.1) is 0 Å². The molecule has 2 N–H and O–H groups in total. The van der Waals surface area contributed by atoms with Gasteiger partial charge < -0.3 is 20.3 Å². The summed E-state index contributed by atoms with van der Waals surface area (Å²) in [5.74, 6) is 1.55. The third-order valence-corrected chi connectivity index (χ3v) is 6.21. The van der Waals surface area contributed by atoms with Crippen LogP contribution in [0.1, 0.15) is 83.7 Å². The number of aryl methyl sites for hydroxylation is 2. The number of alkyl carbamates (subject to hydrolysis) is 1. The lowest BCUT2D eigenvalue weighted by atomic mass is 9.91. The first kappa shape index (κ1) is 31.4. The molecule has 0 fully saturated rings. The van der Waals surface area contributed by atoms with Gasteiger partial charge in [0.25, 0.3) is 5.91 Å². The van der Waals surface area contributed by atoms with Gasteiger partial charge in [-0.05, 0) is 84.1 Å². The van der Waals surface area contributed by atoms with E-state index in [0.29, 0.717) is 16.8 Å². The fourth-order valence-electron chi connectivity index (χ4n) is 4.41. The Morgan fingerprint density at radius 2 is 1.49 bits per heavy atom. The van der Waals surface area contributed by atoms with Gasteiger partial charge in [-0.3, -0.25) is 9.59 Å². The number of hydrogen-bond acceptors (Lipinski definition) is 4. The minimum Gasteiger partial charge on any atom is -0.444 e. The number of rotatable bonds is 7. The van der Waals surface area contributed by atoms with E-state index in [-0.39, 0.29) is 5.92 Å². The van der Waals surface area contributed by atoms with Gasteiger partial charge in [-0.25, -0.2) is 4.79 Å². The predicted octanol–water partition coefficient (Wildman–Crippen LogP) is 6.14. The highest BCUT2D eigenvalue weighted by atomic mass is 16.6. The first-order chi connectivity index (χ1) is 18.0. The summed E-state index contributed by atoms with van der Waals surface area (Å²) in [6.45, 7) is 18.3. The molecule has 7 nitrogen and oxygen atoms in total. The summed E-state index contributed by atoms with van der Waals surface area (Å²) in [4.78, 5) is 42.8. The van der Waals surface area contributed by atoms with Gasteiger partial charge in [-0.1, -0.05) is 56.2 Å². The number of terminal acetylenes is 1. The average molecular weight is 534 g/mol. The number of nitrogens with one attached hydrogen (secondary N) is 2. The molecule has 2 rings (SSSR count). The number of anilines is 1. The standard InChI is InChI=1S/C32H43N3O4/c1-12-23-18-13-14-19-24(23)27(28(36)33-26-21(4)16-15-17-22(26)5)35(31(6,7)8)29(37)25(20(2)3)34-30(38)39-32(9,10)11/h1,13-20,25,27H,2-11H3,(H,33,36)(H,34,38). The van der Waals surface area contributed by atoms with Crippen molar-refractivity contribution >= 4 is 23.6 Å². The summed E-state index contributed by atoms with van der Waals surface area (Å²) in [5, 5.41) is 5.81. The number of benzene rings is 2. The van der Waals surface area contributed by atoms with Crippen LogP contribution in [0.3, 0.4) is 0 Å². The monoisotopic (exact) mass is 533 g/mol. The van der Waals surface area contributed by atoms with E-state index in [9.17, 15) is 14.4 Å². The molecule has 3 amide bonds. The summed E-state index contributed by atoms with van der Waals surface area (Å²) >= 11 is 0. The van der Waals surface area contributed by atoms with E-state index in [4.69, 9.17) is 11.2 Å². The molecule has 210 valence electrons. The Balaban J connectivity index is 2.69. The van der Waals surface area contributed by atoms with Crippen LogP contribution in [0.25, 0.3) is 0 Å². The van der Waals surface area contributed by atoms with Gasteiger partial charge in [0, 0.05) is 16.8 Å². The topological polar surface area (TPSA) is 87.7 Å². The van der Waals surface area contributed by atoms with E-state index in [0.717, 1.165) is 11.1 Å². The van der Waals surface area contributed by atoms with Crippen LogP contribution in [0.15, 0.2) is 42.5 Å². The molecule has 2 aromatic rings. The van der Waals surface area contributed by atoms with E-state index in [1.54, 1.807) is 45.0 Å². The highest BCUT2D eigenvalue weighted by Gasteiger charge is 2.43. The summed E-state index contributed by atoms with van der Waals surface area (Å²) in [5.41, 5.74) is 1.93. The molecule has 0 aliphatic carbocycles. The zero-order valence-corrected chi connectivity index (χ0v) is 24.9. The minimum absolute atomic E-state index is 0.292. The molecule has 39 heavy (non-hydrogen) atoms. The van der Waals surface area contributed by atoms with E-state index < -0.39 is 41.1 Å². The SMILES string of the molecule is C#Cc1ccccc1C(C(=O)Nc1c(C)cccc1C)N(C(=O)C(NC(=O)OC(C)(C)C)C(C)C)C(C)(C)C. The maximum Gasteiger partial charge on any atom is 0.408 e. The van der Waals surface area contributed by atoms with Gasteiger partial charge in [0.1, 0.15) is 17.7 Å². The number of ether oxygens (including phenoxy) is 1. The van der Waals surface area contributed by atoms with E-state index in [2.05, 4.69) is 16.6 Å². The van der Waals surface area contributed by atoms with Crippen LogP contribution < -0.4 is 10.6 Å². The lowest BCUT2D eigenvalue weighted by Crippen LogP contribution is -2.59. The molecule has 0 saturated heterocycles. The van der Waals surface area contributed by atoms with Crippen LogP contribution in [0.4, 0.5) is 10.5 Å². The fraction of sp³-hybridized carbons (Fsp3) is 0.469. The number of carbonyl (C=O) groups excluding carboxylic acids is 3. The molecular formula is C32H43N3O4. The number of nitrogens with zero attached hydrogens (tertiary/aromatic N) is 1. The average Bonchev–Trinajstić information content (AvgIpc) is 2.80. The quantitative estimate of drug-likeness (QED) is 0.419. The number of para-hydroxylation sites is 1. The van der Waals surface area contributed by atoms with Gasteiger partial charge >= 0.3 is 6.09 Å². The Morgan fingerprint density at radius 1 is 0.923 bits per heavy atom. The molecule has 0 aliphatic rings. The van der Waals surface area contributed by atoms with Crippen molar-refractivity contribution in [2.75, 3.05) is 5.32 Å². The second kappa shape index (κ2) is 12.4. The van der Waals surface area contributed by atoms with Crippen LogP contribution >= 0.6 is 0 Å². The number of amides is 3. The third-order valence-electron chi connectivity index (χ3n) is 6.21. The molecule has 7 heteroatoms. The van der Waals surface area contributed by atoms with Crippen molar-refractivity contribution in [1.82, 2.24) is 10.2 Å². The Bertz CT molecular complexity index is 1230. The predicted molar refractivity (Wildman–Crippen MR) is 156 cm³/mol. The number of hydrogen-bond donors (Lipinski definition) is 2. The Kier molecular flexibility index (Phi) is 9.97. The summed E-state index contributed by atoms with van der Waals surface area (Å²) < 4.78 is 5.44. The molecule has 0 spiro atoms. The van der Waals surface area contributed by atoms with Crippen LogP contribution in [-0.4, -0.2) is 40.0 Å². The molecule has 2 unspecified atom stereocenters. The Labute approximate surface area is 233 Å². The summed E-state index contributed by atoms with van der Waals surface area (Å²) in [6, 6.07) is 10.8. The zero-order valence-electron chi connectivity index (χ0n) is 24.9. The lowest BCUT2D eigenvalue weighted by molar-refractivity contribution is -0.147. The first-order valence-electron chi connectivity index (χ1n) is 13.2. The van der Waals surface area contributed by atoms with Crippen molar-refractivity contribution in [2.45, 2.75) is 92.5 Å². The normalized spacial score (nSPS) is 13.2. The van der Waals surface area contributed by atoms with Crippen molar-refractivity contribution in [3.05, 3.63) is 64.7 Å². The van der Waals surface area contributed by atoms with Crippen molar-refractivity contribution in [2.24, 2.45) is 5.92 Å². The Hall–Kier alpha value is -3.79. The highest BCUT2D eigenvalue weighted by Crippen LogP contribution is 2.34. The smallest absolute Gasteiger partial charge is 0.408 e. The zero-order chi connectivity index (χ0) is 29.7. The fourth-order valence-corrected chi connectivity index (χ4v) is 4.41. The van der Waals surface area contributed by atoms with Crippen molar-refractivity contribution < 1.29 is 19.1 Å².